The molecule has 0 aliphatic carbocycles. The van der Waals surface area contributed by atoms with E-state index in [1.165, 1.54) is 0 Å². The Morgan fingerprint density at radius 1 is 1.00 bits per heavy atom. The van der Waals surface area contributed by atoms with Gasteiger partial charge in [0.05, 0.1) is 12.1 Å². The van der Waals surface area contributed by atoms with E-state index in [2.05, 4.69) is 0 Å². The number of rotatable bonds is 5. The van der Waals surface area contributed by atoms with Gasteiger partial charge in [0.1, 0.15) is 5.75 Å². The minimum atomic E-state index is -0.858. The van der Waals surface area contributed by atoms with Gasteiger partial charge in [-0.2, -0.15) is 0 Å². The lowest BCUT2D eigenvalue weighted by molar-refractivity contribution is -0.151. The molecule has 0 atom stereocenters. The van der Waals surface area contributed by atoms with Crippen LogP contribution in [0.25, 0.3) is 0 Å². The van der Waals surface area contributed by atoms with Gasteiger partial charge in [0, 0.05) is 5.34 Å². The van der Waals surface area contributed by atoms with E-state index in [-0.39, 0.29) is 13.0 Å². The molecule has 104 valence electrons. The fourth-order valence-corrected chi connectivity index (χ4v) is 1.68. The van der Waals surface area contributed by atoms with Crippen LogP contribution in [-0.2, 0) is 6.42 Å². The minimum absolute atomic E-state index is 0.236. The molecule has 20 heavy (non-hydrogen) atoms. The van der Waals surface area contributed by atoms with Crippen molar-refractivity contribution >= 4 is 5.97 Å². The van der Waals surface area contributed by atoms with Gasteiger partial charge < -0.3 is 4.74 Å². The maximum atomic E-state index is 11.9. The fraction of sp³-hybridized carbons (Fsp3) is 0.133. The van der Waals surface area contributed by atoms with Gasteiger partial charge in [-0.1, -0.05) is 30.3 Å². The zero-order valence-corrected chi connectivity index (χ0v) is 10.6. The Morgan fingerprint density at radius 3 is 2.25 bits per heavy atom. The number of carbonyl (C=O) groups excluding carboxylic acids is 1. The average molecular weight is 277 g/mol. The molecule has 2 aromatic carbocycles. The first-order valence-electron chi connectivity index (χ1n) is 6.10. The highest BCUT2D eigenvalue weighted by atomic mass is 19.4. The van der Waals surface area contributed by atoms with Crippen LogP contribution in [0.5, 0.6) is 5.75 Å². The number of hydrogen-bond acceptors (Lipinski definition) is 3. The second kappa shape index (κ2) is 6.77. The number of benzene rings is 2. The first-order valence-corrected chi connectivity index (χ1v) is 6.10. The Bertz CT molecular complexity index is 556. The summed E-state index contributed by atoms with van der Waals surface area (Å²) in [4.78, 5) is 11.8. The highest BCUT2D eigenvalue weighted by molar-refractivity contribution is 5.90. The van der Waals surface area contributed by atoms with Crippen molar-refractivity contribution in [3.63, 3.8) is 0 Å². The van der Waals surface area contributed by atoms with Gasteiger partial charge in [0.2, 0.25) is 0 Å². The van der Waals surface area contributed by atoms with Gasteiger partial charge in [-0.15, -0.1) is 8.96 Å². The molecular weight excluding hydrogens is 264 g/mol. The normalized spacial score (nSPS) is 10.6. The van der Waals surface area contributed by atoms with Gasteiger partial charge in [0.15, 0.2) is 0 Å². The predicted molar refractivity (Wildman–Crippen MR) is 70.5 cm³/mol. The molecule has 0 radical (unpaired) electrons. The summed E-state index contributed by atoms with van der Waals surface area (Å²) in [5.74, 6) is -0.0583. The number of esters is 1. The molecular formula is C15H13F2NO2. The second-order valence-corrected chi connectivity index (χ2v) is 4.18. The first kappa shape index (κ1) is 14.1. The number of nitrogens with zero attached hydrogens (tertiary/aromatic N) is 1. The third-order valence-corrected chi connectivity index (χ3v) is 2.71. The van der Waals surface area contributed by atoms with Crippen LogP contribution in [0.2, 0.25) is 0 Å². The first-order chi connectivity index (χ1) is 9.65. The van der Waals surface area contributed by atoms with Gasteiger partial charge in [-0.3, -0.25) is 0 Å². The molecule has 2 rings (SSSR count). The van der Waals surface area contributed by atoms with E-state index in [0.717, 1.165) is 5.56 Å². The molecule has 2 aromatic rings. The molecule has 3 nitrogen and oxygen atoms in total. The van der Waals surface area contributed by atoms with Crippen LogP contribution >= 0.6 is 0 Å². The smallest absolute Gasteiger partial charge is 0.343 e. The molecule has 0 unspecified atom stereocenters. The van der Waals surface area contributed by atoms with Crippen LogP contribution in [0.4, 0.5) is 8.96 Å². The lowest BCUT2D eigenvalue weighted by atomic mass is 10.1. The molecule has 0 fully saturated rings. The van der Waals surface area contributed by atoms with Gasteiger partial charge >= 0.3 is 5.97 Å². The molecule has 0 N–H and O–H groups in total. The van der Waals surface area contributed by atoms with Gasteiger partial charge in [-0.25, -0.2) is 4.79 Å². The summed E-state index contributed by atoms with van der Waals surface area (Å²) in [6.45, 7) is -0.330. The zero-order valence-electron chi connectivity index (χ0n) is 10.6. The van der Waals surface area contributed by atoms with E-state index in [4.69, 9.17) is 4.74 Å². The van der Waals surface area contributed by atoms with Gasteiger partial charge in [0.25, 0.3) is 0 Å². The average Bonchev–Trinajstić information content (AvgIpc) is 2.47. The van der Waals surface area contributed by atoms with E-state index >= 15 is 0 Å². The highest BCUT2D eigenvalue weighted by Crippen LogP contribution is 2.15. The minimum Gasteiger partial charge on any atom is -0.423 e. The predicted octanol–water partition coefficient (Wildman–Crippen LogP) is 3.52. The monoisotopic (exact) mass is 277 g/mol. The molecule has 0 aliphatic heterocycles. The molecule has 0 aliphatic rings. The Balaban J connectivity index is 1.95. The number of hydrogen-bond donors (Lipinski definition) is 0. The van der Waals surface area contributed by atoms with E-state index in [0.29, 0.717) is 11.3 Å². The van der Waals surface area contributed by atoms with Crippen LogP contribution in [0.15, 0.2) is 54.6 Å². The summed E-state index contributed by atoms with van der Waals surface area (Å²) in [6, 6.07) is 15.1. The summed E-state index contributed by atoms with van der Waals surface area (Å²) >= 11 is 0. The van der Waals surface area contributed by atoms with Crippen molar-refractivity contribution in [2.75, 3.05) is 6.54 Å². The van der Waals surface area contributed by atoms with E-state index in [1.54, 1.807) is 48.5 Å². The van der Waals surface area contributed by atoms with Gasteiger partial charge in [-0.05, 0) is 36.2 Å². The Morgan fingerprint density at radius 2 is 1.65 bits per heavy atom. The summed E-state index contributed by atoms with van der Waals surface area (Å²) in [5.41, 5.74) is 1.21. The zero-order chi connectivity index (χ0) is 14.4. The lowest BCUT2D eigenvalue weighted by Gasteiger charge is -2.06. The standard InChI is InChI=1S/C15H13F2NO2/c16-18(17)11-10-12-6-8-14(9-7-12)20-15(19)13-4-2-1-3-5-13/h1-9H,10-11H2. The Hall–Kier alpha value is -2.27. The maximum absolute atomic E-state index is 11.9. The summed E-state index contributed by atoms with van der Waals surface area (Å²) in [5, 5.41) is -0.858. The molecule has 0 heterocycles. The van der Waals surface area contributed by atoms with Crippen molar-refractivity contribution in [2.45, 2.75) is 6.42 Å². The van der Waals surface area contributed by atoms with E-state index in [1.807, 2.05) is 6.07 Å². The third kappa shape index (κ3) is 4.13. The maximum Gasteiger partial charge on any atom is 0.343 e. The van der Waals surface area contributed by atoms with Crippen LogP contribution < -0.4 is 4.74 Å². The number of carbonyl (C=O) groups is 1. The van der Waals surface area contributed by atoms with E-state index in [9.17, 15) is 13.8 Å². The molecule has 0 saturated heterocycles. The van der Waals surface area contributed by atoms with Crippen molar-refractivity contribution in [2.24, 2.45) is 0 Å². The van der Waals surface area contributed by atoms with Crippen LogP contribution in [0, 0.1) is 0 Å². The summed E-state index contributed by atoms with van der Waals surface area (Å²) in [6.07, 6.45) is 0.236. The quantitative estimate of drug-likeness (QED) is 0.476. The van der Waals surface area contributed by atoms with Crippen molar-refractivity contribution in [1.29, 1.82) is 0 Å². The molecule has 0 bridgehead atoms. The highest BCUT2D eigenvalue weighted by Gasteiger charge is 2.07. The molecule has 0 saturated carbocycles. The van der Waals surface area contributed by atoms with Crippen LogP contribution in [0.3, 0.4) is 0 Å². The fourth-order valence-electron chi connectivity index (χ4n) is 1.68. The topological polar surface area (TPSA) is 29.5 Å². The SMILES string of the molecule is O=C(Oc1ccc(CCN(F)F)cc1)c1ccccc1. The van der Waals surface area contributed by atoms with Crippen molar-refractivity contribution in [1.82, 2.24) is 5.34 Å². The molecule has 5 heteroatoms. The summed E-state index contributed by atoms with van der Waals surface area (Å²) < 4.78 is 29.0. The lowest BCUT2D eigenvalue weighted by Crippen LogP contribution is -2.08. The van der Waals surface area contributed by atoms with Crippen molar-refractivity contribution < 1.29 is 18.5 Å². The largest absolute Gasteiger partial charge is 0.423 e. The summed E-state index contributed by atoms with van der Waals surface area (Å²) in [7, 11) is 0. The van der Waals surface area contributed by atoms with E-state index < -0.39 is 11.3 Å². The molecule has 0 spiro atoms. The molecule has 0 aromatic heterocycles. The Kier molecular flexibility index (Phi) is 4.79. The molecule has 0 amide bonds. The second-order valence-electron chi connectivity index (χ2n) is 4.18. The van der Waals surface area contributed by atoms with Crippen LogP contribution in [-0.4, -0.2) is 17.9 Å². The van der Waals surface area contributed by atoms with Crippen LogP contribution in [0.1, 0.15) is 15.9 Å². The van der Waals surface area contributed by atoms with Crippen molar-refractivity contribution in [3.8, 4) is 5.75 Å². The third-order valence-electron chi connectivity index (χ3n) is 2.71. The number of halogens is 2. The Labute approximate surface area is 115 Å². The van der Waals surface area contributed by atoms with Crippen molar-refractivity contribution in [3.05, 3.63) is 65.7 Å². The number of ether oxygens (including phenoxy) is 1.